The molecular formula is C20H18Cl3F3N2O. The number of nitrogens with two attached hydrogens (primary N) is 2. The van der Waals surface area contributed by atoms with Crippen LogP contribution in [0.25, 0.3) is 16.8 Å². The first-order chi connectivity index (χ1) is 13.3. The molecular weight excluding hydrogens is 448 g/mol. The third-order valence-electron chi connectivity index (χ3n) is 4.01. The third-order valence-corrected chi connectivity index (χ3v) is 5.21. The van der Waals surface area contributed by atoms with Gasteiger partial charge in [0.2, 0.25) is 0 Å². The predicted octanol–water partition coefficient (Wildman–Crippen LogP) is 6.15. The van der Waals surface area contributed by atoms with Gasteiger partial charge in [0, 0.05) is 0 Å². The number of hydrazine groups is 1. The maximum Gasteiger partial charge on any atom is 0.399 e. The van der Waals surface area contributed by atoms with Crippen LogP contribution in [0.5, 0.6) is 0 Å². The number of alkyl halides is 3. The highest BCUT2D eigenvalue weighted by Gasteiger charge is 2.39. The second-order valence-electron chi connectivity index (χ2n) is 5.75. The number of fused-ring (bicyclic) bond motifs is 1. The van der Waals surface area contributed by atoms with Crippen LogP contribution in [0.2, 0.25) is 15.1 Å². The molecule has 0 amide bonds. The summed E-state index contributed by atoms with van der Waals surface area (Å²) in [5, 5.41) is 1.84. The summed E-state index contributed by atoms with van der Waals surface area (Å²) in [6, 6.07) is 15.4. The summed E-state index contributed by atoms with van der Waals surface area (Å²) in [4.78, 5) is 0. The Hall–Kier alpha value is -1.80. The minimum absolute atomic E-state index is 0. The molecule has 6 N–H and O–H groups in total. The monoisotopic (exact) mass is 464 g/mol. The van der Waals surface area contributed by atoms with Crippen molar-refractivity contribution in [2.24, 2.45) is 11.7 Å². The first kappa shape index (κ1) is 25.2. The van der Waals surface area contributed by atoms with Gasteiger partial charge in [-0.1, -0.05) is 89.4 Å². The van der Waals surface area contributed by atoms with E-state index in [9.17, 15) is 13.2 Å². The summed E-state index contributed by atoms with van der Waals surface area (Å²) in [6.07, 6.45) is -1.92. The Labute approximate surface area is 180 Å². The summed E-state index contributed by atoms with van der Waals surface area (Å²) in [6.45, 7) is 0. The van der Waals surface area contributed by atoms with Gasteiger partial charge in [0.1, 0.15) is 0 Å². The van der Waals surface area contributed by atoms with Gasteiger partial charge in [-0.3, -0.25) is 11.7 Å². The van der Waals surface area contributed by atoms with Crippen molar-refractivity contribution in [2.75, 3.05) is 0 Å². The minimum Gasteiger partial charge on any atom is -0.412 e. The lowest BCUT2D eigenvalue weighted by atomic mass is 9.96. The zero-order chi connectivity index (χ0) is 20.9. The quantitative estimate of drug-likeness (QED) is 0.276. The summed E-state index contributed by atoms with van der Waals surface area (Å²) >= 11 is 17.6. The second-order valence-corrected chi connectivity index (χ2v) is 6.94. The molecule has 156 valence electrons. The summed E-state index contributed by atoms with van der Waals surface area (Å²) < 4.78 is 40.8. The molecule has 9 heteroatoms. The lowest BCUT2D eigenvalue weighted by molar-refractivity contribution is -0.139. The normalized spacial score (nSPS) is 12.3. The number of benzene rings is 3. The molecule has 0 aliphatic carbocycles. The molecule has 0 aliphatic rings. The number of halogens is 6. The van der Waals surface area contributed by atoms with Gasteiger partial charge >= 0.3 is 6.18 Å². The van der Waals surface area contributed by atoms with E-state index in [1.54, 1.807) is 12.1 Å². The van der Waals surface area contributed by atoms with Gasteiger partial charge in [0.05, 0.1) is 21.0 Å². The first-order valence-corrected chi connectivity index (χ1v) is 9.11. The van der Waals surface area contributed by atoms with Crippen molar-refractivity contribution in [2.45, 2.75) is 12.1 Å². The highest BCUT2D eigenvalue weighted by molar-refractivity contribution is 6.48. The largest absolute Gasteiger partial charge is 0.412 e. The molecule has 0 radical (unpaired) electrons. The summed E-state index contributed by atoms with van der Waals surface area (Å²) in [5.41, 5.74) is 0.636. The predicted molar refractivity (Wildman–Crippen MR) is 115 cm³/mol. The lowest BCUT2D eigenvalue weighted by Crippen LogP contribution is -2.19. The van der Waals surface area contributed by atoms with E-state index in [1.165, 1.54) is 18.2 Å². The van der Waals surface area contributed by atoms with Gasteiger partial charge < -0.3 is 5.48 Å². The molecule has 3 nitrogen and oxygen atoms in total. The Morgan fingerprint density at radius 2 is 1.41 bits per heavy atom. The molecule has 3 aromatic carbocycles. The van der Waals surface area contributed by atoms with E-state index in [0.717, 1.165) is 16.8 Å². The maximum atomic E-state index is 13.6. The number of rotatable bonds is 3. The molecule has 1 unspecified atom stereocenters. The first-order valence-electron chi connectivity index (χ1n) is 7.98. The average molecular weight is 466 g/mol. The number of hydrogen-bond donors (Lipinski definition) is 2. The van der Waals surface area contributed by atoms with Crippen molar-refractivity contribution in [3.8, 4) is 0 Å². The van der Waals surface area contributed by atoms with Crippen LogP contribution in [0.3, 0.4) is 0 Å². The Kier molecular flexibility index (Phi) is 9.42. The molecule has 3 rings (SSSR count). The van der Waals surface area contributed by atoms with Gasteiger partial charge in [-0.05, 0) is 34.0 Å². The van der Waals surface area contributed by atoms with Gasteiger partial charge in [0.15, 0.2) is 0 Å². The molecule has 0 aliphatic heterocycles. The van der Waals surface area contributed by atoms with Crippen LogP contribution in [-0.2, 0) is 0 Å². The Bertz CT molecular complexity index is 966. The zero-order valence-electron chi connectivity index (χ0n) is 14.9. The zero-order valence-corrected chi connectivity index (χ0v) is 17.1. The minimum atomic E-state index is -4.50. The Morgan fingerprint density at radius 1 is 0.862 bits per heavy atom. The van der Waals surface area contributed by atoms with Crippen molar-refractivity contribution in [1.29, 1.82) is 0 Å². The van der Waals surface area contributed by atoms with E-state index in [1.807, 2.05) is 30.3 Å². The van der Waals surface area contributed by atoms with Crippen molar-refractivity contribution >= 4 is 51.7 Å². The summed E-state index contributed by atoms with van der Waals surface area (Å²) in [5.74, 6) is 6.15. The second kappa shape index (κ2) is 10.8. The van der Waals surface area contributed by atoms with Crippen molar-refractivity contribution < 1.29 is 18.6 Å². The van der Waals surface area contributed by atoms with Gasteiger partial charge in [0.25, 0.3) is 0 Å². The fraction of sp³-hybridized carbons (Fsp3) is 0.100. The Morgan fingerprint density at radius 3 is 2.00 bits per heavy atom. The molecule has 0 aromatic heterocycles. The smallest absolute Gasteiger partial charge is 0.399 e. The van der Waals surface area contributed by atoms with Crippen molar-refractivity contribution in [3.05, 3.63) is 86.9 Å². The average Bonchev–Trinajstić information content (AvgIpc) is 2.67. The molecule has 0 bridgehead atoms. The van der Waals surface area contributed by atoms with Gasteiger partial charge in [-0.25, -0.2) is 0 Å². The molecule has 1 atom stereocenters. The third kappa shape index (κ3) is 6.09. The van der Waals surface area contributed by atoms with E-state index < -0.39 is 12.1 Å². The summed E-state index contributed by atoms with van der Waals surface area (Å²) in [7, 11) is 0. The van der Waals surface area contributed by atoms with Crippen LogP contribution in [0, 0.1) is 0 Å². The fourth-order valence-electron chi connectivity index (χ4n) is 2.76. The van der Waals surface area contributed by atoms with E-state index in [4.69, 9.17) is 34.8 Å². The molecule has 0 saturated heterocycles. The van der Waals surface area contributed by atoms with Gasteiger partial charge in [-0.2, -0.15) is 13.2 Å². The SMILES string of the molecule is FC(F)(F)C(C=Cc1cccc2ccccc12)c1cc(Cl)c(Cl)c(Cl)c1.NN.O. The van der Waals surface area contributed by atoms with E-state index in [-0.39, 0.29) is 26.1 Å². The topological polar surface area (TPSA) is 83.5 Å². The van der Waals surface area contributed by atoms with Crippen LogP contribution >= 0.6 is 34.8 Å². The molecule has 3 aromatic rings. The Balaban J connectivity index is 0.00000136. The van der Waals surface area contributed by atoms with Crippen LogP contribution in [0.1, 0.15) is 17.0 Å². The lowest BCUT2D eigenvalue weighted by Gasteiger charge is -2.18. The number of allylic oxidation sites excluding steroid dienone is 1. The number of hydrogen-bond acceptors (Lipinski definition) is 2. The van der Waals surface area contributed by atoms with Crippen LogP contribution < -0.4 is 11.7 Å². The maximum absolute atomic E-state index is 13.6. The van der Waals surface area contributed by atoms with E-state index in [2.05, 4.69) is 11.7 Å². The molecule has 0 spiro atoms. The van der Waals surface area contributed by atoms with Crippen molar-refractivity contribution in [1.82, 2.24) is 0 Å². The van der Waals surface area contributed by atoms with E-state index in [0.29, 0.717) is 5.56 Å². The molecule has 0 fully saturated rings. The van der Waals surface area contributed by atoms with Crippen LogP contribution in [0.4, 0.5) is 13.2 Å². The molecule has 0 heterocycles. The van der Waals surface area contributed by atoms with Gasteiger partial charge in [-0.15, -0.1) is 0 Å². The van der Waals surface area contributed by atoms with E-state index >= 15 is 0 Å². The van der Waals surface area contributed by atoms with Crippen LogP contribution in [-0.4, -0.2) is 11.7 Å². The molecule has 0 saturated carbocycles. The fourth-order valence-corrected chi connectivity index (χ4v) is 3.37. The standard InChI is InChI=1S/C20H12Cl3F3.H4N2.H2O/c21-17-10-14(11-18(22)19(17)23)16(20(24,25)26)9-8-13-6-3-5-12-4-1-2-7-15(12)13;1-2;/h1-11,16H;1-2H2;1H2. The molecule has 29 heavy (non-hydrogen) atoms. The van der Waals surface area contributed by atoms with Crippen molar-refractivity contribution in [3.63, 3.8) is 0 Å². The highest BCUT2D eigenvalue weighted by Crippen LogP contribution is 2.41. The van der Waals surface area contributed by atoms with Crippen LogP contribution in [0.15, 0.2) is 60.7 Å². The highest BCUT2D eigenvalue weighted by atomic mass is 35.5.